The second-order valence-electron chi connectivity index (χ2n) is 3.54. The molecular weight excluding hydrogens is 206 g/mol. The van der Waals surface area contributed by atoms with E-state index >= 15 is 0 Å². The molecule has 0 bridgehead atoms. The monoisotopic (exact) mass is 221 g/mol. The molecule has 0 saturated heterocycles. The Balaban J connectivity index is 1.89. The zero-order valence-corrected chi connectivity index (χ0v) is 9.47. The summed E-state index contributed by atoms with van der Waals surface area (Å²) >= 11 is 0. The maximum absolute atomic E-state index is 4.65. The van der Waals surface area contributed by atoms with Crippen LogP contribution in [-0.2, 0) is 19.6 Å². The van der Waals surface area contributed by atoms with Gasteiger partial charge in [-0.3, -0.25) is 4.68 Å². The first-order chi connectivity index (χ1) is 7.79. The van der Waals surface area contributed by atoms with E-state index in [0.29, 0.717) is 12.4 Å². The van der Waals surface area contributed by atoms with Crippen LogP contribution in [-0.4, -0.2) is 19.9 Å². The molecule has 0 saturated carbocycles. The number of nitrogens with zero attached hydrogens (tertiary/aromatic N) is 4. The summed E-state index contributed by atoms with van der Waals surface area (Å²) < 4.78 is 6.63. The SMILES string of the molecule is CCn1nc(C)cc1CNCc1ncon1. The van der Waals surface area contributed by atoms with Crippen LogP contribution in [0.25, 0.3) is 0 Å². The number of aromatic nitrogens is 4. The van der Waals surface area contributed by atoms with Crippen molar-refractivity contribution in [2.24, 2.45) is 0 Å². The van der Waals surface area contributed by atoms with E-state index in [1.54, 1.807) is 0 Å². The zero-order valence-electron chi connectivity index (χ0n) is 9.47. The quantitative estimate of drug-likeness (QED) is 0.811. The minimum Gasteiger partial charge on any atom is -0.343 e. The summed E-state index contributed by atoms with van der Waals surface area (Å²) in [5.74, 6) is 0.666. The maximum atomic E-state index is 4.65. The Bertz CT molecular complexity index is 434. The van der Waals surface area contributed by atoms with Gasteiger partial charge in [0, 0.05) is 13.1 Å². The molecule has 6 nitrogen and oxygen atoms in total. The van der Waals surface area contributed by atoms with Crippen molar-refractivity contribution in [3.05, 3.63) is 29.7 Å². The molecule has 6 heteroatoms. The molecule has 2 heterocycles. The highest BCUT2D eigenvalue weighted by Crippen LogP contribution is 2.03. The Kier molecular flexibility index (Phi) is 3.31. The van der Waals surface area contributed by atoms with E-state index in [1.165, 1.54) is 12.1 Å². The lowest BCUT2D eigenvalue weighted by Crippen LogP contribution is -2.16. The van der Waals surface area contributed by atoms with Gasteiger partial charge in [-0.25, -0.2) is 0 Å². The van der Waals surface area contributed by atoms with Gasteiger partial charge in [0.1, 0.15) is 0 Å². The summed E-state index contributed by atoms with van der Waals surface area (Å²) in [6.07, 6.45) is 1.33. The van der Waals surface area contributed by atoms with Crippen LogP contribution in [0, 0.1) is 6.92 Å². The van der Waals surface area contributed by atoms with E-state index in [2.05, 4.69) is 38.1 Å². The highest BCUT2D eigenvalue weighted by molar-refractivity contribution is 5.08. The Morgan fingerprint density at radius 3 is 3.00 bits per heavy atom. The molecule has 0 amide bonds. The van der Waals surface area contributed by atoms with Crippen molar-refractivity contribution in [1.29, 1.82) is 0 Å². The summed E-state index contributed by atoms with van der Waals surface area (Å²) in [5, 5.41) is 11.3. The summed E-state index contributed by atoms with van der Waals surface area (Å²) in [4.78, 5) is 3.93. The average Bonchev–Trinajstić information content (AvgIpc) is 2.88. The second kappa shape index (κ2) is 4.89. The molecule has 0 unspecified atom stereocenters. The van der Waals surface area contributed by atoms with Gasteiger partial charge in [0.15, 0.2) is 5.82 Å². The zero-order chi connectivity index (χ0) is 11.4. The lowest BCUT2D eigenvalue weighted by atomic mass is 10.3. The van der Waals surface area contributed by atoms with Gasteiger partial charge in [-0.1, -0.05) is 5.16 Å². The van der Waals surface area contributed by atoms with Crippen molar-refractivity contribution in [2.75, 3.05) is 0 Å². The van der Waals surface area contributed by atoms with E-state index in [0.717, 1.165) is 18.8 Å². The molecule has 2 aromatic rings. The molecule has 0 spiro atoms. The normalized spacial score (nSPS) is 10.9. The van der Waals surface area contributed by atoms with Gasteiger partial charge >= 0.3 is 0 Å². The van der Waals surface area contributed by atoms with Crippen molar-refractivity contribution < 1.29 is 4.52 Å². The van der Waals surface area contributed by atoms with E-state index in [4.69, 9.17) is 0 Å². The third-order valence-corrected chi connectivity index (χ3v) is 2.28. The topological polar surface area (TPSA) is 68.8 Å². The van der Waals surface area contributed by atoms with Crippen LogP contribution in [0.15, 0.2) is 17.0 Å². The molecule has 86 valence electrons. The minimum absolute atomic E-state index is 0.602. The fourth-order valence-electron chi connectivity index (χ4n) is 1.59. The van der Waals surface area contributed by atoms with Gasteiger partial charge in [0.2, 0.25) is 6.39 Å². The smallest absolute Gasteiger partial charge is 0.213 e. The van der Waals surface area contributed by atoms with Crippen molar-refractivity contribution in [2.45, 2.75) is 33.5 Å². The largest absolute Gasteiger partial charge is 0.343 e. The Morgan fingerprint density at radius 2 is 2.31 bits per heavy atom. The highest BCUT2D eigenvalue weighted by atomic mass is 16.5. The number of hydrogen-bond acceptors (Lipinski definition) is 5. The summed E-state index contributed by atoms with van der Waals surface area (Å²) in [5.41, 5.74) is 2.21. The third-order valence-electron chi connectivity index (χ3n) is 2.28. The van der Waals surface area contributed by atoms with Gasteiger partial charge in [-0.05, 0) is 19.9 Å². The summed E-state index contributed by atoms with van der Waals surface area (Å²) in [7, 11) is 0. The molecule has 0 aliphatic carbocycles. The van der Waals surface area contributed by atoms with Crippen LogP contribution < -0.4 is 5.32 Å². The van der Waals surface area contributed by atoms with E-state index in [-0.39, 0.29) is 0 Å². The number of nitrogens with one attached hydrogen (secondary N) is 1. The van der Waals surface area contributed by atoms with Gasteiger partial charge < -0.3 is 9.84 Å². The van der Waals surface area contributed by atoms with Crippen LogP contribution in [0.1, 0.15) is 24.1 Å². The Labute approximate surface area is 93.7 Å². The predicted octanol–water partition coefficient (Wildman–Crippen LogP) is 0.884. The van der Waals surface area contributed by atoms with Crippen molar-refractivity contribution >= 4 is 0 Å². The highest BCUT2D eigenvalue weighted by Gasteiger charge is 2.04. The van der Waals surface area contributed by atoms with E-state index in [1.807, 2.05) is 11.6 Å². The second-order valence-corrected chi connectivity index (χ2v) is 3.54. The molecule has 0 aliphatic rings. The lowest BCUT2D eigenvalue weighted by Gasteiger charge is -2.04. The first-order valence-electron chi connectivity index (χ1n) is 5.29. The van der Waals surface area contributed by atoms with Crippen LogP contribution in [0.4, 0.5) is 0 Å². The fraction of sp³-hybridized carbons (Fsp3) is 0.500. The average molecular weight is 221 g/mol. The molecule has 2 rings (SSSR count). The first-order valence-corrected chi connectivity index (χ1v) is 5.29. The van der Waals surface area contributed by atoms with Crippen molar-refractivity contribution in [3.63, 3.8) is 0 Å². The molecule has 0 aromatic carbocycles. The number of rotatable bonds is 5. The molecule has 0 radical (unpaired) electrons. The van der Waals surface area contributed by atoms with E-state index in [9.17, 15) is 0 Å². The Hall–Kier alpha value is -1.69. The fourth-order valence-corrected chi connectivity index (χ4v) is 1.59. The molecule has 0 aliphatic heterocycles. The molecule has 0 atom stereocenters. The van der Waals surface area contributed by atoms with Crippen LogP contribution >= 0.6 is 0 Å². The number of hydrogen-bond donors (Lipinski definition) is 1. The van der Waals surface area contributed by atoms with Crippen LogP contribution in [0.5, 0.6) is 0 Å². The summed E-state index contributed by atoms with van der Waals surface area (Å²) in [6, 6.07) is 2.08. The van der Waals surface area contributed by atoms with Gasteiger partial charge in [0.25, 0.3) is 0 Å². The molecule has 0 fully saturated rings. The van der Waals surface area contributed by atoms with Crippen molar-refractivity contribution in [3.8, 4) is 0 Å². The van der Waals surface area contributed by atoms with Crippen molar-refractivity contribution in [1.82, 2.24) is 25.2 Å². The van der Waals surface area contributed by atoms with Gasteiger partial charge in [-0.15, -0.1) is 0 Å². The van der Waals surface area contributed by atoms with Crippen LogP contribution in [0.3, 0.4) is 0 Å². The molecule has 2 aromatic heterocycles. The lowest BCUT2D eigenvalue weighted by molar-refractivity contribution is 0.407. The standard InChI is InChI=1S/C10H15N5O/c1-3-15-9(4-8(2)13-15)5-11-6-10-12-7-16-14-10/h4,7,11H,3,5-6H2,1-2H3. The molecule has 1 N–H and O–H groups in total. The first kappa shape index (κ1) is 10.8. The predicted molar refractivity (Wildman–Crippen MR) is 57.5 cm³/mol. The third kappa shape index (κ3) is 2.46. The molecule has 16 heavy (non-hydrogen) atoms. The van der Waals surface area contributed by atoms with E-state index < -0.39 is 0 Å². The van der Waals surface area contributed by atoms with Gasteiger partial charge in [0.05, 0.1) is 17.9 Å². The minimum atomic E-state index is 0.602. The van der Waals surface area contributed by atoms with Gasteiger partial charge in [-0.2, -0.15) is 10.1 Å². The number of aryl methyl sites for hydroxylation is 2. The van der Waals surface area contributed by atoms with Crippen LogP contribution in [0.2, 0.25) is 0 Å². The Morgan fingerprint density at radius 1 is 1.44 bits per heavy atom. The maximum Gasteiger partial charge on any atom is 0.213 e. The molecular formula is C10H15N5O. The summed E-state index contributed by atoms with van der Waals surface area (Å²) in [6.45, 7) is 6.31.